The number of nitrogens with zero attached hydrogens (tertiary/aromatic N) is 2. The zero-order valence-corrected chi connectivity index (χ0v) is 18.5. The van der Waals surface area contributed by atoms with E-state index in [9.17, 15) is 14.4 Å². The van der Waals surface area contributed by atoms with Gasteiger partial charge in [0.2, 0.25) is 0 Å². The molecule has 1 spiro atoms. The lowest BCUT2D eigenvalue weighted by Crippen LogP contribution is -2.54. The molecule has 1 saturated carbocycles. The van der Waals surface area contributed by atoms with Gasteiger partial charge in [0.05, 0.1) is 13.7 Å². The summed E-state index contributed by atoms with van der Waals surface area (Å²) in [5.74, 6) is 0.323. The third kappa shape index (κ3) is 3.42. The van der Waals surface area contributed by atoms with Crippen LogP contribution in [0.3, 0.4) is 0 Å². The topological polar surface area (TPSA) is 80.6 Å². The van der Waals surface area contributed by atoms with E-state index in [1.807, 2.05) is 55.7 Å². The lowest BCUT2D eigenvalue weighted by atomic mass is 9.73. The number of carbonyl (C=O) groups excluding carboxylic acids is 3. The van der Waals surface area contributed by atoms with Gasteiger partial charge in [0.15, 0.2) is 5.78 Å². The highest BCUT2D eigenvalue weighted by atomic mass is 16.5. The predicted octanol–water partition coefficient (Wildman–Crippen LogP) is 3.79. The van der Waals surface area contributed by atoms with Gasteiger partial charge in [-0.2, -0.15) is 0 Å². The number of nitrogens with one attached hydrogen (secondary N) is 1. The van der Waals surface area contributed by atoms with Gasteiger partial charge in [-0.1, -0.05) is 19.8 Å². The second-order valence-corrected chi connectivity index (χ2v) is 8.68. The van der Waals surface area contributed by atoms with Gasteiger partial charge in [-0.15, -0.1) is 0 Å². The van der Waals surface area contributed by atoms with Crippen molar-refractivity contribution in [1.29, 1.82) is 0 Å². The van der Waals surface area contributed by atoms with E-state index in [0.717, 1.165) is 47.0 Å². The molecule has 3 amide bonds. The standard InChI is InChI=1S/C24H29N3O4/c1-15-7-5-6-12-24(15)22(29)26(23(30)25-24)14-21(28)20-13-16(2)27(17(20)3)18-8-10-19(31-4)11-9-18/h8-11,13,15H,5-7,12,14H2,1-4H3,(H,25,30)/t15-,24+/m1/s1. The number of imide groups is 1. The van der Waals surface area contributed by atoms with Crippen molar-refractivity contribution in [2.24, 2.45) is 5.92 Å². The van der Waals surface area contributed by atoms with Crippen LogP contribution in [0, 0.1) is 19.8 Å². The molecule has 1 N–H and O–H groups in total. The summed E-state index contributed by atoms with van der Waals surface area (Å²) in [7, 11) is 1.62. The van der Waals surface area contributed by atoms with Crippen molar-refractivity contribution in [2.75, 3.05) is 13.7 Å². The Morgan fingerprint density at radius 2 is 1.90 bits per heavy atom. The molecule has 1 aromatic heterocycles. The minimum absolute atomic E-state index is 0.0675. The summed E-state index contributed by atoms with van der Waals surface area (Å²) >= 11 is 0. The van der Waals surface area contributed by atoms with Crippen LogP contribution in [0.5, 0.6) is 5.75 Å². The summed E-state index contributed by atoms with van der Waals surface area (Å²) in [4.78, 5) is 40.1. The van der Waals surface area contributed by atoms with Crippen LogP contribution < -0.4 is 10.1 Å². The molecule has 0 unspecified atom stereocenters. The van der Waals surface area contributed by atoms with Crippen LogP contribution in [0.1, 0.15) is 54.4 Å². The van der Waals surface area contributed by atoms with Crippen molar-refractivity contribution >= 4 is 17.7 Å². The molecule has 7 heteroatoms. The van der Waals surface area contributed by atoms with E-state index in [2.05, 4.69) is 5.32 Å². The van der Waals surface area contributed by atoms with Gasteiger partial charge in [-0.3, -0.25) is 14.5 Å². The minimum Gasteiger partial charge on any atom is -0.497 e. The first kappa shape index (κ1) is 21.2. The number of benzene rings is 1. The van der Waals surface area contributed by atoms with E-state index in [0.29, 0.717) is 12.0 Å². The summed E-state index contributed by atoms with van der Waals surface area (Å²) in [5.41, 5.74) is 2.27. The molecule has 2 heterocycles. The number of rotatable bonds is 5. The van der Waals surface area contributed by atoms with Crippen molar-refractivity contribution in [3.63, 3.8) is 0 Å². The summed E-state index contributed by atoms with van der Waals surface area (Å²) in [6.45, 7) is 5.57. The number of aryl methyl sites for hydroxylation is 1. The lowest BCUT2D eigenvalue weighted by molar-refractivity contribution is -0.133. The fourth-order valence-corrected chi connectivity index (χ4v) is 5.04. The largest absolute Gasteiger partial charge is 0.497 e. The second kappa shape index (κ2) is 7.87. The van der Waals surface area contributed by atoms with Gasteiger partial charge in [-0.25, -0.2) is 4.79 Å². The molecule has 0 radical (unpaired) electrons. The molecule has 4 rings (SSSR count). The van der Waals surface area contributed by atoms with Crippen LogP contribution >= 0.6 is 0 Å². The third-order valence-corrected chi connectivity index (χ3v) is 6.87. The molecular formula is C24H29N3O4. The van der Waals surface area contributed by atoms with E-state index < -0.39 is 11.6 Å². The molecule has 1 aromatic carbocycles. The Morgan fingerprint density at radius 3 is 2.55 bits per heavy atom. The number of hydrogen-bond donors (Lipinski definition) is 1. The molecule has 1 saturated heterocycles. The summed E-state index contributed by atoms with van der Waals surface area (Å²) < 4.78 is 7.21. The van der Waals surface area contributed by atoms with E-state index in [4.69, 9.17) is 4.74 Å². The summed E-state index contributed by atoms with van der Waals surface area (Å²) in [6.07, 6.45) is 3.50. The van der Waals surface area contributed by atoms with E-state index >= 15 is 0 Å². The normalized spacial score (nSPS) is 23.4. The highest BCUT2D eigenvalue weighted by molar-refractivity contribution is 6.11. The van der Waals surface area contributed by atoms with Gasteiger partial charge >= 0.3 is 6.03 Å². The van der Waals surface area contributed by atoms with Crippen LogP contribution in [0.4, 0.5) is 4.79 Å². The molecular weight excluding hydrogens is 394 g/mol. The molecule has 2 atom stereocenters. The average Bonchev–Trinajstić information content (AvgIpc) is 3.18. The number of hydrogen-bond acceptors (Lipinski definition) is 4. The van der Waals surface area contributed by atoms with E-state index in [1.165, 1.54) is 0 Å². The molecule has 1 aliphatic heterocycles. The Kier molecular flexibility index (Phi) is 5.37. The maximum absolute atomic E-state index is 13.2. The van der Waals surface area contributed by atoms with Crippen molar-refractivity contribution in [3.8, 4) is 11.4 Å². The Hall–Kier alpha value is -3.09. The van der Waals surface area contributed by atoms with E-state index in [-0.39, 0.29) is 24.2 Å². The van der Waals surface area contributed by atoms with Crippen LogP contribution in [-0.4, -0.2) is 46.4 Å². The van der Waals surface area contributed by atoms with Crippen LogP contribution in [-0.2, 0) is 4.79 Å². The number of ether oxygens (including phenoxy) is 1. The predicted molar refractivity (Wildman–Crippen MR) is 117 cm³/mol. The second-order valence-electron chi connectivity index (χ2n) is 8.68. The van der Waals surface area contributed by atoms with Gasteiger partial charge in [0.25, 0.3) is 5.91 Å². The SMILES string of the molecule is COc1ccc(-n2c(C)cc(C(=O)CN3C(=O)N[C@]4(CCCC[C@H]4C)C3=O)c2C)cc1. The number of aromatic nitrogens is 1. The molecule has 7 nitrogen and oxygen atoms in total. The Balaban J connectivity index is 1.58. The monoisotopic (exact) mass is 423 g/mol. The van der Waals surface area contributed by atoms with Gasteiger partial charge in [0, 0.05) is 22.6 Å². The molecule has 31 heavy (non-hydrogen) atoms. The number of ketones is 1. The Morgan fingerprint density at radius 1 is 1.19 bits per heavy atom. The fraction of sp³-hybridized carbons (Fsp3) is 0.458. The molecule has 2 aromatic rings. The first-order valence-electron chi connectivity index (χ1n) is 10.8. The fourth-order valence-electron chi connectivity index (χ4n) is 5.04. The van der Waals surface area contributed by atoms with Crippen molar-refractivity contribution < 1.29 is 19.1 Å². The summed E-state index contributed by atoms with van der Waals surface area (Å²) in [5, 5.41) is 2.91. The third-order valence-electron chi connectivity index (χ3n) is 6.87. The number of Topliss-reactive ketones (excluding diaryl/α,β-unsaturated/α-hetero) is 1. The molecule has 1 aliphatic carbocycles. The van der Waals surface area contributed by atoms with E-state index in [1.54, 1.807) is 7.11 Å². The number of methoxy groups -OCH3 is 1. The maximum atomic E-state index is 13.2. The highest BCUT2D eigenvalue weighted by Crippen LogP contribution is 2.38. The lowest BCUT2D eigenvalue weighted by Gasteiger charge is -2.36. The number of carbonyl (C=O) groups is 3. The van der Waals surface area contributed by atoms with Crippen molar-refractivity contribution in [1.82, 2.24) is 14.8 Å². The molecule has 2 fully saturated rings. The van der Waals surface area contributed by atoms with Crippen LogP contribution in [0.15, 0.2) is 30.3 Å². The smallest absolute Gasteiger partial charge is 0.325 e. The first-order valence-corrected chi connectivity index (χ1v) is 10.8. The first-order chi connectivity index (χ1) is 14.8. The zero-order chi connectivity index (χ0) is 22.3. The van der Waals surface area contributed by atoms with Gasteiger partial charge in [-0.05, 0) is 62.9 Å². The van der Waals surface area contributed by atoms with Gasteiger partial charge in [0.1, 0.15) is 11.3 Å². The number of amides is 3. The Labute approximate surface area is 182 Å². The zero-order valence-electron chi connectivity index (χ0n) is 18.5. The molecule has 0 bridgehead atoms. The average molecular weight is 424 g/mol. The van der Waals surface area contributed by atoms with Crippen LogP contribution in [0.25, 0.3) is 5.69 Å². The number of urea groups is 1. The van der Waals surface area contributed by atoms with Gasteiger partial charge < -0.3 is 14.6 Å². The maximum Gasteiger partial charge on any atom is 0.325 e. The minimum atomic E-state index is -0.852. The quantitative estimate of drug-likeness (QED) is 0.586. The molecule has 164 valence electrons. The highest BCUT2D eigenvalue weighted by Gasteiger charge is 2.55. The van der Waals surface area contributed by atoms with Crippen molar-refractivity contribution in [3.05, 3.63) is 47.3 Å². The van der Waals surface area contributed by atoms with Crippen LogP contribution in [0.2, 0.25) is 0 Å². The summed E-state index contributed by atoms with van der Waals surface area (Å²) in [6, 6.07) is 8.95. The molecule has 2 aliphatic rings. The van der Waals surface area contributed by atoms with Crippen molar-refractivity contribution in [2.45, 2.75) is 52.0 Å². The Bertz CT molecular complexity index is 1040.